The van der Waals surface area contributed by atoms with Crippen LogP contribution in [0.4, 0.5) is 13.2 Å². The summed E-state index contributed by atoms with van der Waals surface area (Å²) < 4.78 is 49.5. The lowest BCUT2D eigenvalue weighted by molar-refractivity contribution is -0.137. The normalized spacial score (nSPS) is 12.0. The number of rotatable bonds is 5. The molecule has 0 aliphatic carbocycles. The third-order valence-electron chi connectivity index (χ3n) is 10.9. The molecule has 0 N–H and O–H groups in total. The molecule has 5 heteroatoms. The van der Waals surface area contributed by atoms with E-state index in [4.69, 9.17) is 0 Å². The first-order valence-electron chi connectivity index (χ1n) is 18.3. The lowest BCUT2D eigenvalue weighted by Gasteiger charge is -2.19. The predicted molar refractivity (Wildman–Crippen MR) is 221 cm³/mol. The molecule has 0 saturated heterocycles. The molecule has 2 heterocycles. The SMILES string of the molecule is Cc1ccc(-n2c3ccccc3c3ccc(-c4ccccc4)cc32)cc1-c1cc(-n2c3ccccc3c3ccc(-c4ccccc4)cc32)ccc1C(F)(F)F. The molecule has 0 aliphatic heterocycles. The second-order valence-corrected chi connectivity index (χ2v) is 14.1. The van der Waals surface area contributed by atoms with Crippen LogP contribution in [0.3, 0.4) is 0 Å². The lowest BCUT2D eigenvalue weighted by Crippen LogP contribution is -2.09. The average Bonchev–Trinajstić information content (AvgIpc) is 3.73. The molecule has 0 radical (unpaired) electrons. The van der Waals surface area contributed by atoms with Crippen LogP contribution in [-0.4, -0.2) is 9.13 Å². The van der Waals surface area contributed by atoms with E-state index in [0.717, 1.165) is 77.1 Å². The molecule has 2 nitrogen and oxygen atoms in total. The molecule has 264 valence electrons. The van der Waals surface area contributed by atoms with Crippen molar-refractivity contribution in [2.24, 2.45) is 0 Å². The van der Waals surface area contributed by atoms with Crippen LogP contribution in [0.5, 0.6) is 0 Å². The Morgan fingerprint density at radius 3 is 1.31 bits per heavy atom. The van der Waals surface area contributed by atoms with E-state index in [9.17, 15) is 0 Å². The van der Waals surface area contributed by atoms with Gasteiger partial charge in [-0.3, -0.25) is 0 Å². The fraction of sp³-hybridized carbons (Fsp3) is 0.0400. The number of hydrogen-bond donors (Lipinski definition) is 0. The van der Waals surface area contributed by atoms with Crippen molar-refractivity contribution in [3.63, 3.8) is 0 Å². The summed E-state index contributed by atoms with van der Waals surface area (Å²) in [6, 6.07) is 59.9. The Morgan fingerprint density at radius 2 is 0.800 bits per heavy atom. The van der Waals surface area contributed by atoms with Gasteiger partial charge in [-0.2, -0.15) is 13.2 Å². The van der Waals surface area contributed by atoms with Crippen LogP contribution in [-0.2, 0) is 6.18 Å². The number of para-hydroxylation sites is 2. The quantitative estimate of drug-likeness (QED) is 0.168. The van der Waals surface area contributed by atoms with Crippen LogP contribution < -0.4 is 0 Å². The average molecular weight is 719 g/mol. The Labute approximate surface area is 316 Å². The van der Waals surface area contributed by atoms with Gasteiger partial charge in [-0.1, -0.05) is 127 Å². The van der Waals surface area contributed by atoms with Gasteiger partial charge in [-0.15, -0.1) is 0 Å². The van der Waals surface area contributed by atoms with Gasteiger partial charge in [0.25, 0.3) is 0 Å². The zero-order valence-electron chi connectivity index (χ0n) is 29.8. The largest absolute Gasteiger partial charge is 0.417 e. The number of nitrogens with zero attached hydrogens (tertiary/aromatic N) is 2. The Morgan fingerprint density at radius 1 is 0.364 bits per heavy atom. The summed E-state index contributed by atoms with van der Waals surface area (Å²) in [5.74, 6) is 0. The van der Waals surface area contributed by atoms with Gasteiger partial charge in [0.2, 0.25) is 0 Å². The van der Waals surface area contributed by atoms with Crippen molar-refractivity contribution in [2.75, 3.05) is 0 Å². The standard InChI is InChI=1S/C50H33F3N2/c1-32-20-23-37(54-46-18-10-8-16-39(46)41-25-21-35(28-48(41)54)33-12-4-2-5-13-33)30-43(32)44-31-38(24-27-45(44)50(51,52)53)55-47-19-11-9-17-40(47)42-26-22-36(29-49(42)55)34-14-6-3-7-15-34/h2-31H,1H3. The van der Waals surface area contributed by atoms with E-state index < -0.39 is 11.7 Å². The van der Waals surface area contributed by atoms with E-state index >= 15 is 13.2 Å². The van der Waals surface area contributed by atoms with Crippen molar-refractivity contribution in [2.45, 2.75) is 13.1 Å². The maximum Gasteiger partial charge on any atom is 0.417 e. The second kappa shape index (κ2) is 12.6. The number of benzene rings is 8. The van der Waals surface area contributed by atoms with Crippen LogP contribution in [0.1, 0.15) is 11.1 Å². The maximum atomic E-state index is 15.1. The highest BCUT2D eigenvalue weighted by atomic mass is 19.4. The molecule has 0 bridgehead atoms. The van der Waals surface area contributed by atoms with E-state index in [-0.39, 0.29) is 5.56 Å². The zero-order chi connectivity index (χ0) is 37.3. The topological polar surface area (TPSA) is 9.86 Å². The Kier molecular flexibility index (Phi) is 7.53. The van der Waals surface area contributed by atoms with E-state index in [1.807, 2.05) is 91.9 Å². The molecule has 0 atom stereocenters. The van der Waals surface area contributed by atoms with Gasteiger partial charge in [0.1, 0.15) is 0 Å². The van der Waals surface area contributed by atoms with Gasteiger partial charge >= 0.3 is 6.18 Å². The number of alkyl halides is 3. The van der Waals surface area contributed by atoms with Crippen LogP contribution in [0.2, 0.25) is 0 Å². The molecule has 0 saturated carbocycles. The first-order valence-corrected chi connectivity index (χ1v) is 18.3. The van der Waals surface area contributed by atoms with Crippen molar-refractivity contribution in [1.82, 2.24) is 9.13 Å². The molecule has 0 spiro atoms. The van der Waals surface area contributed by atoms with Crippen LogP contribution in [0.25, 0.3) is 88.4 Å². The minimum absolute atomic E-state index is 0.139. The van der Waals surface area contributed by atoms with E-state index in [0.29, 0.717) is 11.3 Å². The summed E-state index contributed by atoms with van der Waals surface area (Å²) in [7, 11) is 0. The molecule has 10 aromatic rings. The molecule has 0 aliphatic rings. The predicted octanol–water partition coefficient (Wildman–Crippen LogP) is 14.2. The van der Waals surface area contributed by atoms with Gasteiger partial charge in [-0.05, 0) is 100 Å². The maximum absolute atomic E-state index is 15.1. The van der Waals surface area contributed by atoms with Crippen molar-refractivity contribution in [3.8, 4) is 44.8 Å². The number of hydrogen-bond acceptors (Lipinski definition) is 0. The van der Waals surface area contributed by atoms with E-state index in [1.165, 1.54) is 6.07 Å². The molecular formula is C50H33F3N2. The van der Waals surface area contributed by atoms with Crippen LogP contribution in [0, 0.1) is 6.92 Å². The monoisotopic (exact) mass is 718 g/mol. The third kappa shape index (κ3) is 5.42. The number of fused-ring (bicyclic) bond motifs is 6. The summed E-state index contributed by atoms with van der Waals surface area (Å²) in [6.45, 7) is 1.89. The summed E-state index contributed by atoms with van der Waals surface area (Å²) in [4.78, 5) is 0. The molecule has 0 fully saturated rings. The van der Waals surface area contributed by atoms with Gasteiger partial charge in [0.15, 0.2) is 0 Å². The molecule has 55 heavy (non-hydrogen) atoms. The minimum atomic E-state index is -4.57. The Bertz CT molecular complexity index is 3080. The first kappa shape index (κ1) is 32.8. The molecular weight excluding hydrogens is 686 g/mol. The van der Waals surface area contributed by atoms with Gasteiger partial charge in [0, 0.05) is 32.9 Å². The first-order chi connectivity index (χ1) is 26.8. The zero-order valence-corrected chi connectivity index (χ0v) is 29.8. The van der Waals surface area contributed by atoms with Crippen LogP contribution >= 0.6 is 0 Å². The highest BCUT2D eigenvalue weighted by Crippen LogP contribution is 2.43. The molecule has 2 aromatic heterocycles. The summed E-state index contributed by atoms with van der Waals surface area (Å²) in [5.41, 5.74) is 10.3. The fourth-order valence-electron chi connectivity index (χ4n) is 8.30. The smallest absolute Gasteiger partial charge is 0.309 e. The Hall–Kier alpha value is -6.85. The molecule has 0 unspecified atom stereocenters. The summed E-state index contributed by atoms with van der Waals surface area (Å²) in [5, 5.41) is 4.24. The van der Waals surface area contributed by atoms with Crippen molar-refractivity contribution in [1.29, 1.82) is 0 Å². The van der Waals surface area contributed by atoms with Gasteiger partial charge in [0.05, 0.1) is 27.6 Å². The third-order valence-corrected chi connectivity index (χ3v) is 10.9. The van der Waals surface area contributed by atoms with Crippen LogP contribution in [0.15, 0.2) is 182 Å². The highest BCUT2D eigenvalue weighted by molar-refractivity contribution is 6.11. The highest BCUT2D eigenvalue weighted by Gasteiger charge is 2.34. The number of halogens is 3. The summed E-state index contributed by atoms with van der Waals surface area (Å²) in [6.07, 6.45) is -4.57. The Balaban J connectivity index is 1.21. The number of aryl methyl sites for hydroxylation is 1. The van der Waals surface area contributed by atoms with E-state index in [2.05, 4.69) is 88.0 Å². The second-order valence-electron chi connectivity index (χ2n) is 14.1. The number of aromatic nitrogens is 2. The lowest BCUT2D eigenvalue weighted by atomic mass is 9.94. The molecule has 0 amide bonds. The fourth-order valence-corrected chi connectivity index (χ4v) is 8.30. The molecule has 8 aromatic carbocycles. The van der Waals surface area contributed by atoms with Crippen molar-refractivity contribution >= 4 is 43.6 Å². The van der Waals surface area contributed by atoms with Crippen molar-refractivity contribution < 1.29 is 13.2 Å². The van der Waals surface area contributed by atoms with Gasteiger partial charge in [-0.25, -0.2) is 0 Å². The summed E-state index contributed by atoms with van der Waals surface area (Å²) >= 11 is 0. The minimum Gasteiger partial charge on any atom is -0.309 e. The molecule has 10 rings (SSSR count). The van der Waals surface area contributed by atoms with Crippen molar-refractivity contribution in [3.05, 3.63) is 193 Å². The van der Waals surface area contributed by atoms with Gasteiger partial charge < -0.3 is 9.13 Å². The van der Waals surface area contributed by atoms with E-state index in [1.54, 1.807) is 12.1 Å².